The molecule has 0 saturated heterocycles. The number of benzene rings is 1. The van der Waals surface area contributed by atoms with Gasteiger partial charge in [0.15, 0.2) is 0 Å². The Hall–Kier alpha value is -2.31. The van der Waals surface area contributed by atoms with Crippen molar-refractivity contribution in [1.29, 1.82) is 0 Å². The van der Waals surface area contributed by atoms with E-state index in [1.54, 1.807) is 0 Å². The summed E-state index contributed by atoms with van der Waals surface area (Å²) < 4.78 is 43.7. The van der Waals surface area contributed by atoms with E-state index in [1.807, 2.05) is 0 Å². The molecule has 0 bridgehead atoms. The van der Waals surface area contributed by atoms with Gasteiger partial charge in [0.05, 0.1) is 11.7 Å². The van der Waals surface area contributed by atoms with Crippen molar-refractivity contribution in [3.63, 3.8) is 0 Å². The van der Waals surface area contributed by atoms with E-state index in [9.17, 15) is 18.0 Å². The molecule has 4 nitrogen and oxygen atoms in total. The summed E-state index contributed by atoms with van der Waals surface area (Å²) in [6.45, 7) is 0. The molecule has 1 aromatic heterocycles. The van der Waals surface area contributed by atoms with Crippen molar-refractivity contribution in [1.82, 2.24) is 4.98 Å². The van der Waals surface area contributed by atoms with Crippen LogP contribution in [0.1, 0.15) is 28.9 Å². The van der Waals surface area contributed by atoms with Crippen molar-refractivity contribution in [3.8, 4) is 5.75 Å². The summed E-state index contributed by atoms with van der Waals surface area (Å²) in [7, 11) is 0. The van der Waals surface area contributed by atoms with Gasteiger partial charge in [0.2, 0.25) is 0 Å². The van der Waals surface area contributed by atoms with Gasteiger partial charge in [-0.05, 0) is 31.0 Å². The lowest BCUT2D eigenvalue weighted by Crippen LogP contribution is -2.09. The number of ether oxygens (including phenoxy) is 1. The normalized spacial score (nSPS) is 15.2. The van der Waals surface area contributed by atoms with E-state index in [-0.39, 0.29) is 22.9 Å². The van der Waals surface area contributed by atoms with Gasteiger partial charge in [-0.1, -0.05) is 6.07 Å². The van der Waals surface area contributed by atoms with Crippen molar-refractivity contribution < 1.29 is 27.8 Å². The average molecular weight is 297 g/mol. The number of aromatic nitrogens is 1. The Kier molecular flexibility index (Phi) is 3.00. The van der Waals surface area contributed by atoms with Crippen LogP contribution in [0.2, 0.25) is 0 Å². The Balaban J connectivity index is 2.18. The topological polar surface area (TPSA) is 59.4 Å². The summed E-state index contributed by atoms with van der Waals surface area (Å²) >= 11 is 0. The van der Waals surface area contributed by atoms with Crippen molar-refractivity contribution in [3.05, 3.63) is 35.5 Å². The van der Waals surface area contributed by atoms with Gasteiger partial charge in [-0.25, -0.2) is 9.78 Å². The molecule has 0 aliphatic heterocycles. The van der Waals surface area contributed by atoms with E-state index in [0.717, 1.165) is 18.9 Å². The summed E-state index contributed by atoms with van der Waals surface area (Å²) in [5, 5.41) is 9.35. The van der Waals surface area contributed by atoms with Gasteiger partial charge in [0, 0.05) is 5.39 Å². The molecule has 0 radical (unpaired) electrons. The quantitative estimate of drug-likeness (QED) is 0.942. The zero-order chi connectivity index (χ0) is 15.2. The van der Waals surface area contributed by atoms with E-state index in [1.165, 1.54) is 18.2 Å². The summed E-state index contributed by atoms with van der Waals surface area (Å²) in [6, 6.07) is 4.53. The highest BCUT2D eigenvalue weighted by Gasteiger charge is 2.33. The fourth-order valence-corrected chi connectivity index (χ4v) is 1.94. The first kappa shape index (κ1) is 13.7. The van der Waals surface area contributed by atoms with E-state index < -0.39 is 17.8 Å². The third-order valence-electron chi connectivity index (χ3n) is 3.11. The minimum Gasteiger partial charge on any atom is -0.488 e. The SMILES string of the molecule is O=C(O)c1cc(OC2CC2)c2nc(C(F)(F)F)ccc2c1. The van der Waals surface area contributed by atoms with Gasteiger partial charge >= 0.3 is 12.1 Å². The maximum absolute atomic E-state index is 12.7. The summed E-state index contributed by atoms with van der Waals surface area (Å²) in [4.78, 5) is 14.7. The Morgan fingerprint density at radius 1 is 1.29 bits per heavy atom. The largest absolute Gasteiger partial charge is 0.488 e. The Labute approximate surface area is 117 Å². The van der Waals surface area contributed by atoms with Gasteiger partial charge in [0.1, 0.15) is 17.0 Å². The van der Waals surface area contributed by atoms with Gasteiger partial charge < -0.3 is 9.84 Å². The van der Waals surface area contributed by atoms with Crippen LogP contribution in [0.15, 0.2) is 24.3 Å². The molecule has 2 aromatic rings. The molecule has 0 atom stereocenters. The van der Waals surface area contributed by atoms with Crippen LogP contribution in [-0.2, 0) is 6.18 Å². The van der Waals surface area contributed by atoms with Gasteiger partial charge in [-0.3, -0.25) is 0 Å². The lowest BCUT2D eigenvalue weighted by atomic mass is 10.1. The predicted molar refractivity (Wildman–Crippen MR) is 67.4 cm³/mol. The molecule has 1 heterocycles. The molecule has 0 unspecified atom stereocenters. The molecule has 0 spiro atoms. The number of carboxylic acids is 1. The molecule has 1 fully saturated rings. The number of alkyl halides is 3. The Bertz CT molecular complexity index is 723. The number of halogens is 3. The van der Waals surface area contributed by atoms with Gasteiger partial charge in [0.25, 0.3) is 0 Å². The van der Waals surface area contributed by atoms with Crippen LogP contribution in [0, 0.1) is 0 Å². The molecule has 110 valence electrons. The lowest BCUT2D eigenvalue weighted by Gasteiger charge is -2.12. The number of hydrogen-bond acceptors (Lipinski definition) is 3. The predicted octanol–water partition coefficient (Wildman–Crippen LogP) is 3.49. The summed E-state index contributed by atoms with van der Waals surface area (Å²) in [6.07, 6.45) is -3.03. The van der Waals surface area contributed by atoms with Crippen LogP contribution in [0.4, 0.5) is 13.2 Å². The fraction of sp³-hybridized carbons (Fsp3) is 0.286. The fourth-order valence-electron chi connectivity index (χ4n) is 1.94. The van der Waals surface area contributed by atoms with Crippen molar-refractivity contribution >= 4 is 16.9 Å². The standard InChI is InChI=1S/C14H10F3NO3/c15-14(16,17)11-4-1-7-5-8(13(19)20)6-10(12(7)18-11)21-9-2-3-9/h1,4-6,9H,2-3H2,(H,19,20). The van der Waals surface area contributed by atoms with E-state index >= 15 is 0 Å². The number of pyridine rings is 1. The molecule has 7 heteroatoms. The Morgan fingerprint density at radius 2 is 2.00 bits per heavy atom. The first-order chi connectivity index (χ1) is 9.84. The summed E-state index contributed by atoms with van der Waals surface area (Å²) in [5.74, 6) is -1.09. The van der Waals surface area contributed by atoms with E-state index in [4.69, 9.17) is 9.84 Å². The average Bonchev–Trinajstić information content (AvgIpc) is 3.20. The van der Waals surface area contributed by atoms with Crippen LogP contribution in [0.5, 0.6) is 5.75 Å². The molecule has 3 rings (SSSR count). The first-order valence-electron chi connectivity index (χ1n) is 6.26. The Morgan fingerprint density at radius 3 is 2.57 bits per heavy atom. The second-order valence-electron chi connectivity index (χ2n) is 4.86. The maximum atomic E-state index is 12.7. The number of fused-ring (bicyclic) bond motifs is 1. The minimum absolute atomic E-state index is 0.0294. The van der Waals surface area contributed by atoms with Crippen LogP contribution >= 0.6 is 0 Å². The van der Waals surface area contributed by atoms with Crippen molar-refractivity contribution in [2.24, 2.45) is 0 Å². The van der Waals surface area contributed by atoms with Gasteiger partial charge in [-0.15, -0.1) is 0 Å². The smallest absolute Gasteiger partial charge is 0.433 e. The monoisotopic (exact) mass is 297 g/mol. The minimum atomic E-state index is -4.56. The molecule has 1 saturated carbocycles. The van der Waals surface area contributed by atoms with E-state index in [0.29, 0.717) is 5.39 Å². The highest BCUT2D eigenvalue weighted by molar-refractivity contribution is 5.96. The molecule has 0 amide bonds. The van der Waals surface area contributed by atoms with E-state index in [2.05, 4.69) is 4.98 Å². The second-order valence-corrected chi connectivity index (χ2v) is 4.86. The van der Waals surface area contributed by atoms with Gasteiger partial charge in [-0.2, -0.15) is 13.2 Å². The molecule has 1 aliphatic carbocycles. The molecular formula is C14H10F3NO3. The third-order valence-corrected chi connectivity index (χ3v) is 3.11. The molecule has 1 aromatic carbocycles. The lowest BCUT2D eigenvalue weighted by molar-refractivity contribution is -0.140. The number of carboxylic acid groups (broad SMARTS) is 1. The number of rotatable bonds is 3. The molecular weight excluding hydrogens is 287 g/mol. The second kappa shape index (κ2) is 4.61. The summed E-state index contributed by atoms with van der Waals surface area (Å²) in [5.41, 5.74) is -1.04. The van der Waals surface area contributed by atoms with Crippen LogP contribution in [0.3, 0.4) is 0 Å². The number of aromatic carboxylic acids is 1. The molecule has 1 aliphatic rings. The number of carbonyl (C=O) groups is 1. The van der Waals surface area contributed by atoms with Crippen LogP contribution in [0.25, 0.3) is 10.9 Å². The zero-order valence-electron chi connectivity index (χ0n) is 10.6. The highest BCUT2D eigenvalue weighted by Crippen LogP contribution is 2.35. The highest BCUT2D eigenvalue weighted by atomic mass is 19.4. The third kappa shape index (κ3) is 2.76. The number of nitrogens with zero attached hydrogens (tertiary/aromatic N) is 1. The maximum Gasteiger partial charge on any atom is 0.433 e. The van der Waals surface area contributed by atoms with Crippen LogP contribution < -0.4 is 4.74 Å². The molecule has 21 heavy (non-hydrogen) atoms. The van der Waals surface area contributed by atoms with Crippen molar-refractivity contribution in [2.45, 2.75) is 25.1 Å². The van der Waals surface area contributed by atoms with Crippen LogP contribution in [-0.4, -0.2) is 22.2 Å². The number of hydrogen-bond donors (Lipinski definition) is 1. The molecule has 1 N–H and O–H groups in total. The first-order valence-corrected chi connectivity index (χ1v) is 6.26. The van der Waals surface area contributed by atoms with Crippen molar-refractivity contribution in [2.75, 3.05) is 0 Å². The zero-order valence-corrected chi connectivity index (χ0v) is 10.6.